The van der Waals surface area contributed by atoms with Crippen LogP contribution in [-0.2, 0) is 0 Å². The first-order valence-corrected chi connectivity index (χ1v) is 5.27. The summed E-state index contributed by atoms with van der Waals surface area (Å²) in [6.45, 7) is 0. The number of benzene rings is 1. The zero-order valence-corrected chi connectivity index (χ0v) is 9.64. The van der Waals surface area contributed by atoms with Gasteiger partial charge in [-0.15, -0.1) is 0 Å². The van der Waals surface area contributed by atoms with E-state index in [4.69, 9.17) is 28.9 Å². The SMILES string of the molecule is Nc1cc(-c2ccc(Cl)c(Cl)c2)c[nH]c1=O. The molecular weight excluding hydrogens is 247 g/mol. The van der Waals surface area contributed by atoms with E-state index in [0.717, 1.165) is 11.1 Å². The van der Waals surface area contributed by atoms with Gasteiger partial charge in [0.1, 0.15) is 0 Å². The largest absolute Gasteiger partial charge is 0.394 e. The first kappa shape index (κ1) is 11.0. The molecule has 1 aromatic heterocycles. The minimum absolute atomic E-state index is 0.170. The summed E-state index contributed by atoms with van der Waals surface area (Å²) in [4.78, 5) is 13.6. The van der Waals surface area contributed by atoms with Crippen molar-refractivity contribution in [2.75, 3.05) is 5.73 Å². The van der Waals surface area contributed by atoms with E-state index in [1.165, 1.54) is 0 Å². The summed E-state index contributed by atoms with van der Waals surface area (Å²) < 4.78 is 0. The Morgan fingerprint density at radius 3 is 2.44 bits per heavy atom. The van der Waals surface area contributed by atoms with Crippen molar-refractivity contribution in [2.45, 2.75) is 0 Å². The molecule has 0 aliphatic carbocycles. The van der Waals surface area contributed by atoms with Crippen molar-refractivity contribution in [3.05, 3.63) is 50.9 Å². The van der Waals surface area contributed by atoms with Gasteiger partial charge in [-0.2, -0.15) is 0 Å². The molecule has 0 saturated carbocycles. The number of rotatable bonds is 1. The number of anilines is 1. The summed E-state index contributed by atoms with van der Waals surface area (Å²) in [6.07, 6.45) is 1.58. The Kier molecular flexibility index (Phi) is 2.90. The van der Waals surface area contributed by atoms with E-state index >= 15 is 0 Å². The molecule has 0 spiro atoms. The van der Waals surface area contributed by atoms with Crippen molar-refractivity contribution in [2.24, 2.45) is 0 Å². The molecule has 2 rings (SSSR count). The molecule has 0 aliphatic heterocycles. The van der Waals surface area contributed by atoms with Gasteiger partial charge in [-0.05, 0) is 23.8 Å². The zero-order chi connectivity index (χ0) is 11.7. The second kappa shape index (κ2) is 4.20. The van der Waals surface area contributed by atoms with Crippen LogP contribution < -0.4 is 11.3 Å². The summed E-state index contributed by atoms with van der Waals surface area (Å²) in [7, 11) is 0. The highest BCUT2D eigenvalue weighted by Gasteiger charge is 2.03. The maximum Gasteiger partial charge on any atom is 0.271 e. The summed E-state index contributed by atoms with van der Waals surface area (Å²) >= 11 is 11.7. The summed E-state index contributed by atoms with van der Waals surface area (Å²) in [5.41, 5.74) is 7.02. The number of aromatic amines is 1. The summed E-state index contributed by atoms with van der Waals surface area (Å²) in [5, 5.41) is 0.951. The fourth-order valence-corrected chi connectivity index (χ4v) is 1.64. The second-order valence-electron chi connectivity index (χ2n) is 3.30. The Hall–Kier alpha value is -1.45. The number of aromatic nitrogens is 1. The second-order valence-corrected chi connectivity index (χ2v) is 4.12. The summed E-state index contributed by atoms with van der Waals surface area (Å²) in [5.74, 6) is 0. The van der Waals surface area contributed by atoms with Gasteiger partial charge in [-0.25, -0.2) is 0 Å². The van der Waals surface area contributed by atoms with Crippen LogP contribution in [0.4, 0.5) is 5.69 Å². The van der Waals surface area contributed by atoms with Crippen LogP contribution in [0.1, 0.15) is 0 Å². The molecule has 0 amide bonds. The van der Waals surface area contributed by atoms with Crippen molar-refractivity contribution in [3.63, 3.8) is 0 Å². The van der Waals surface area contributed by atoms with E-state index in [1.54, 1.807) is 30.5 Å². The molecule has 2 aromatic rings. The number of pyridine rings is 1. The Morgan fingerprint density at radius 2 is 1.81 bits per heavy atom. The van der Waals surface area contributed by atoms with Gasteiger partial charge in [0, 0.05) is 11.8 Å². The van der Waals surface area contributed by atoms with Crippen molar-refractivity contribution in [1.29, 1.82) is 0 Å². The minimum atomic E-state index is -0.302. The van der Waals surface area contributed by atoms with Gasteiger partial charge >= 0.3 is 0 Å². The van der Waals surface area contributed by atoms with E-state index in [2.05, 4.69) is 4.98 Å². The highest BCUT2D eigenvalue weighted by Crippen LogP contribution is 2.28. The number of nitrogens with two attached hydrogens (primary N) is 1. The smallest absolute Gasteiger partial charge is 0.271 e. The fourth-order valence-electron chi connectivity index (χ4n) is 1.34. The number of nitrogen functional groups attached to an aromatic ring is 1. The van der Waals surface area contributed by atoms with E-state index in [1.807, 2.05) is 0 Å². The van der Waals surface area contributed by atoms with Crippen LogP contribution in [0.2, 0.25) is 10.0 Å². The Morgan fingerprint density at radius 1 is 1.06 bits per heavy atom. The van der Waals surface area contributed by atoms with Crippen molar-refractivity contribution >= 4 is 28.9 Å². The van der Waals surface area contributed by atoms with Crippen LogP contribution >= 0.6 is 23.2 Å². The lowest BCUT2D eigenvalue weighted by atomic mass is 10.1. The van der Waals surface area contributed by atoms with E-state index in [9.17, 15) is 4.79 Å². The van der Waals surface area contributed by atoms with Crippen LogP contribution in [0.25, 0.3) is 11.1 Å². The molecule has 0 fully saturated rings. The van der Waals surface area contributed by atoms with Crippen molar-refractivity contribution in [3.8, 4) is 11.1 Å². The van der Waals surface area contributed by atoms with Gasteiger partial charge in [0.05, 0.1) is 15.7 Å². The van der Waals surface area contributed by atoms with Gasteiger partial charge < -0.3 is 10.7 Å². The number of nitrogens with one attached hydrogen (secondary N) is 1. The van der Waals surface area contributed by atoms with Crippen molar-refractivity contribution in [1.82, 2.24) is 4.98 Å². The van der Waals surface area contributed by atoms with Crippen molar-refractivity contribution < 1.29 is 0 Å². The van der Waals surface area contributed by atoms with Crippen LogP contribution in [0.15, 0.2) is 35.3 Å². The molecule has 1 aromatic carbocycles. The molecule has 0 aliphatic rings. The molecule has 0 unspecified atom stereocenters. The normalized spacial score (nSPS) is 10.4. The quantitative estimate of drug-likeness (QED) is 0.822. The molecule has 1 heterocycles. The molecular formula is C11H8Cl2N2O. The molecule has 0 bridgehead atoms. The van der Waals surface area contributed by atoms with Gasteiger partial charge in [-0.3, -0.25) is 4.79 Å². The number of halogens is 2. The molecule has 16 heavy (non-hydrogen) atoms. The summed E-state index contributed by atoms with van der Waals surface area (Å²) in [6, 6.07) is 6.82. The molecule has 3 N–H and O–H groups in total. The third-order valence-corrected chi connectivity index (χ3v) is 2.92. The standard InChI is InChI=1S/C11H8Cl2N2O/c12-8-2-1-6(3-9(8)13)7-4-10(14)11(16)15-5-7/h1-5H,14H2,(H,15,16). The zero-order valence-electron chi connectivity index (χ0n) is 8.13. The van der Waals surface area contributed by atoms with E-state index < -0.39 is 0 Å². The predicted molar refractivity (Wildman–Crippen MR) is 66.9 cm³/mol. The average Bonchev–Trinajstić information content (AvgIpc) is 2.26. The minimum Gasteiger partial charge on any atom is -0.394 e. The monoisotopic (exact) mass is 254 g/mol. The maximum absolute atomic E-state index is 11.1. The number of hydrogen-bond donors (Lipinski definition) is 2. The highest BCUT2D eigenvalue weighted by molar-refractivity contribution is 6.42. The highest BCUT2D eigenvalue weighted by atomic mass is 35.5. The molecule has 82 valence electrons. The third-order valence-electron chi connectivity index (χ3n) is 2.18. The fraction of sp³-hybridized carbons (Fsp3) is 0. The third kappa shape index (κ3) is 2.05. The van der Waals surface area contributed by atoms with Crippen LogP contribution in [0.3, 0.4) is 0 Å². The van der Waals surface area contributed by atoms with E-state index in [-0.39, 0.29) is 11.2 Å². The first-order chi connectivity index (χ1) is 7.58. The Balaban J connectivity index is 2.54. The molecule has 0 radical (unpaired) electrons. The van der Waals surface area contributed by atoms with Gasteiger partial charge in [0.15, 0.2) is 0 Å². The predicted octanol–water partition coefficient (Wildman–Crippen LogP) is 2.93. The van der Waals surface area contributed by atoms with Gasteiger partial charge in [0.2, 0.25) is 0 Å². The van der Waals surface area contributed by atoms with E-state index in [0.29, 0.717) is 10.0 Å². The Bertz CT molecular complexity index is 593. The lowest BCUT2D eigenvalue weighted by molar-refractivity contribution is 1.25. The first-order valence-electron chi connectivity index (χ1n) is 4.51. The average molecular weight is 255 g/mol. The topological polar surface area (TPSA) is 58.9 Å². The van der Waals surface area contributed by atoms with Crippen LogP contribution in [0, 0.1) is 0 Å². The molecule has 0 atom stereocenters. The maximum atomic E-state index is 11.1. The molecule has 0 saturated heterocycles. The lowest BCUT2D eigenvalue weighted by Gasteiger charge is -2.03. The van der Waals surface area contributed by atoms with Crippen LogP contribution in [-0.4, -0.2) is 4.98 Å². The van der Waals surface area contributed by atoms with Crippen LogP contribution in [0.5, 0.6) is 0 Å². The number of H-pyrrole nitrogens is 1. The number of hydrogen-bond acceptors (Lipinski definition) is 2. The van der Waals surface area contributed by atoms with Gasteiger partial charge in [-0.1, -0.05) is 29.3 Å². The van der Waals surface area contributed by atoms with Gasteiger partial charge in [0.25, 0.3) is 5.56 Å². The molecule has 5 heteroatoms. The molecule has 3 nitrogen and oxygen atoms in total. The lowest BCUT2D eigenvalue weighted by Crippen LogP contribution is -2.10. The Labute approximate surface area is 102 Å².